The number of aliphatic carboxylic acids is 1. The Morgan fingerprint density at radius 1 is 1.18 bits per heavy atom. The molecule has 0 aliphatic rings. The summed E-state index contributed by atoms with van der Waals surface area (Å²) in [6, 6.07) is 15.0. The van der Waals surface area contributed by atoms with Crippen molar-refractivity contribution in [1.82, 2.24) is 0 Å². The first-order chi connectivity index (χ1) is 10.5. The lowest BCUT2D eigenvalue weighted by Crippen LogP contribution is -2.03. The molecule has 2 rings (SSSR count). The third kappa shape index (κ3) is 3.89. The van der Waals surface area contributed by atoms with E-state index >= 15 is 0 Å². The van der Waals surface area contributed by atoms with Crippen LogP contribution in [0, 0.1) is 0 Å². The second-order valence-electron chi connectivity index (χ2n) is 4.96. The molecule has 0 aliphatic carbocycles. The normalized spacial score (nSPS) is 12.8. The minimum Gasteiger partial charge on any atom is -0.497 e. The zero-order chi connectivity index (χ0) is 16.1. The number of carboxylic acid groups (broad SMARTS) is 1. The van der Waals surface area contributed by atoms with Crippen LogP contribution in [0.2, 0.25) is 5.02 Å². The number of benzene rings is 2. The molecule has 0 bridgehead atoms. The van der Waals surface area contributed by atoms with Crippen LogP contribution >= 0.6 is 11.6 Å². The molecule has 2 aromatic rings. The standard InChI is InChI=1S/C18H17ClO3/c1-12(18(20)21)10-17(14-4-3-5-15(19)11-14)13-6-8-16(22-2)9-7-13/h3-11,17H,1-2H3,(H,20,21). The molecular weight excluding hydrogens is 300 g/mol. The van der Waals surface area contributed by atoms with Crippen LogP contribution in [0.1, 0.15) is 24.0 Å². The zero-order valence-corrected chi connectivity index (χ0v) is 13.2. The van der Waals surface area contributed by atoms with Crippen LogP contribution < -0.4 is 4.74 Å². The van der Waals surface area contributed by atoms with E-state index in [0.717, 1.165) is 16.9 Å². The van der Waals surface area contributed by atoms with Gasteiger partial charge in [-0.1, -0.05) is 41.9 Å². The number of hydrogen-bond donors (Lipinski definition) is 1. The molecule has 3 nitrogen and oxygen atoms in total. The van der Waals surface area contributed by atoms with E-state index in [1.54, 1.807) is 26.2 Å². The smallest absolute Gasteiger partial charge is 0.330 e. The van der Waals surface area contributed by atoms with E-state index in [2.05, 4.69) is 0 Å². The van der Waals surface area contributed by atoms with Gasteiger partial charge in [-0.2, -0.15) is 0 Å². The van der Waals surface area contributed by atoms with Crippen LogP contribution in [0.3, 0.4) is 0 Å². The number of methoxy groups -OCH3 is 1. The van der Waals surface area contributed by atoms with Gasteiger partial charge < -0.3 is 9.84 Å². The molecule has 1 N–H and O–H groups in total. The summed E-state index contributed by atoms with van der Waals surface area (Å²) in [5.74, 6) is -0.353. The Morgan fingerprint density at radius 3 is 2.41 bits per heavy atom. The summed E-state index contributed by atoms with van der Waals surface area (Å²) < 4.78 is 5.16. The van der Waals surface area contributed by atoms with Gasteiger partial charge in [0.05, 0.1) is 7.11 Å². The highest BCUT2D eigenvalue weighted by Crippen LogP contribution is 2.30. The second kappa shape index (κ2) is 7.14. The maximum absolute atomic E-state index is 11.2. The van der Waals surface area contributed by atoms with Gasteiger partial charge in [-0.3, -0.25) is 0 Å². The summed E-state index contributed by atoms with van der Waals surface area (Å²) in [7, 11) is 1.61. The summed E-state index contributed by atoms with van der Waals surface area (Å²) in [6.07, 6.45) is 1.73. The van der Waals surface area contributed by atoms with Crippen molar-refractivity contribution >= 4 is 17.6 Å². The first kappa shape index (κ1) is 16.1. The number of halogens is 1. The van der Waals surface area contributed by atoms with Gasteiger partial charge in [0, 0.05) is 16.5 Å². The van der Waals surface area contributed by atoms with Crippen molar-refractivity contribution in [2.24, 2.45) is 0 Å². The Balaban J connectivity index is 2.49. The van der Waals surface area contributed by atoms with Crippen LogP contribution in [0.15, 0.2) is 60.2 Å². The molecule has 22 heavy (non-hydrogen) atoms. The van der Waals surface area contributed by atoms with E-state index in [-0.39, 0.29) is 5.92 Å². The molecule has 0 aromatic heterocycles. The topological polar surface area (TPSA) is 46.5 Å². The second-order valence-corrected chi connectivity index (χ2v) is 5.40. The van der Waals surface area contributed by atoms with Crippen LogP contribution in [0.4, 0.5) is 0 Å². The number of carboxylic acids is 1. The average molecular weight is 317 g/mol. The lowest BCUT2D eigenvalue weighted by atomic mass is 9.89. The molecule has 1 atom stereocenters. The van der Waals surface area contributed by atoms with Gasteiger partial charge in [-0.15, -0.1) is 0 Å². The Bertz CT molecular complexity index is 690. The van der Waals surface area contributed by atoms with Crippen LogP contribution in [0.5, 0.6) is 5.75 Å². The molecule has 0 spiro atoms. The molecule has 0 fully saturated rings. The molecule has 0 aliphatic heterocycles. The van der Waals surface area contributed by atoms with Gasteiger partial charge >= 0.3 is 5.97 Å². The first-order valence-electron chi connectivity index (χ1n) is 6.82. The predicted molar refractivity (Wildman–Crippen MR) is 87.7 cm³/mol. The minimum atomic E-state index is -0.930. The van der Waals surface area contributed by atoms with Gasteiger partial charge in [0.25, 0.3) is 0 Å². The highest BCUT2D eigenvalue weighted by Gasteiger charge is 2.14. The zero-order valence-electron chi connectivity index (χ0n) is 12.4. The maximum Gasteiger partial charge on any atom is 0.330 e. The third-order valence-corrected chi connectivity index (χ3v) is 3.67. The lowest BCUT2D eigenvalue weighted by Gasteiger charge is -2.16. The quantitative estimate of drug-likeness (QED) is 0.825. The number of rotatable bonds is 5. The van der Waals surface area contributed by atoms with E-state index in [1.165, 1.54) is 0 Å². The van der Waals surface area contributed by atoms with Crippen molar-refractivity contribution < 1.29 is 14.6 Å². The monoisotopic (exact) mass is 316 g/mol. The summed E-state index contributed by atoms with van der Waals surface area (Å²) >= 11 is 6.07. The Labute approximate surface area is 134 Å². The maximum atomic E-state index is 11.2. The van der Waals surface area contributed by atoms with Crippen LogP contribution in [-0.4, -0.2) is 18.2 Å². The van der Waals surface area contributed by atoms with Crippen molar-refractivity contribution in [3.8, 4) is 5.75 Å². The van der Waals surface area contributed by atoms with E-state index in [4.69, 9.17) is 21.4 Å². The fourth-order valence-corrected chi connectivity index (χ4v) is 2.42. The van der Waals surface area contributed by atoms with Crippen molar-refractivity contribution in [3.05, 3.63) is 76.3 Å². The molecule has 1 unspecified atom stereocenters. The summed E-state index contributed by atoms with van der Waals surface area (Å²) in [4.78, 5) is 11.2. The first-order valence-corrected chi connectivity index (χ1v) is 7.20. The van der Waals surface area contributed by atoms with Crippen molar-refractivity contribution in [1.29, 1.82) is 0 Å². The molecule has 0 saturated heterocycles. The third-order valence-electron chi connectivity index (χ3n) is 3.44. The molecule has 4 heteroatoms. The molecule has 0 saturated carbocycles. The Kier molecular flexibility index (Phi) is 5.23. The van der Waals surface area contributed by atoms with Gasteiger partial charge in [0.15, 0.2) is 0 Å². The number of ether oxygens (including phenoxy) is 1. The van der Waals surface area contributed by atoms with Gasteiger partial charge in [-0.05, 0) is 42.3 Å². The highest BCUT2D eigenvalue weighted by atomic mass is 35.5. The van der Waals surface area contributed by atoms with Crippen molar-refractivity contribution in [2.45, 2.75) is 12.8 Å². The lowest BCUT2D eigenvalue weighted by molar-refractivity contribution is -0.132. The number of carbonyl (C=O) groups is 1. The summed E-state index contributed by atoms with van der Waals surface area (Å²) in [6.45, 7) is 1.59. The molecule has 0 amide bonds. The molecule has 114 valence electrons. The van der Waals surface area contributed by atoms with Gasteiger partial charge in [-0.25, -0.2) is 4.79 Å². The van der Waals surface area contributed by atoms with E-state index < -0.39 is 5.97 Å². The number of allylic oxidation sites excluding steroid dienone is 1. The van der Waals surface area contributed by atoms with E-state index in [0.29, 0.717) is 10.6 Å². The molecular formula is C18H17ClO3. The fourth-order valence-electron chi connectivity index (χ4n) is 2.22. The van der Waals surface area contributed by atoms with Crippen LogP contribution in [-0.2, 0) is 4.79 Å². The van der Waals surface area contributed by atoms with Gasteiger partial charge in [0.2, 0.25) is 0 Å². The average Bonchev–Trinajstić information content (AvgIpc) is 2.52. The van der Waals surface area contributed by atoms with E-state index in [1.807, 2.05) is 42.5 Å². The Hall–Kier alpha value is -2.26. The van der Waals surface area contributed by atoms with Crippen molar-refractivity contribution in [3.63, 3.8) is 0 Å². The Morgan fingerprint density at radius 2 is 1.86 bits per heavy atom. The van der Waals surface area contributed by atoms with Gasteiger partial charge in [0.1, 0.15) is 5.75 Å². The largest absolute Gasteiger partial charge is 0.497 e. The van der Waals surface area contributed by atoms with Crippen molar-refractivity contribution in [2.75, 3.05) is 7.11 Å². The molecule has 0 heterocycles. The summed E-state index contributed by atoms with van der Waals surface area (Å²) in [5, 5.41) is 9.77. The highest BCUT2D eigenvalue weighted by molar-refractivity contribution is 6.30. The predicted octanol–water partition coefficient (Wildman–Crippen LogP) is 4.51. The summed E-state index contributed by atoms with van der Waals surface area (Å²) in [5.41, 5.74) is 2.21. The molecule has 2 aromatic carbocycles. The fraction of sp³-hybridized carbons (Fsp3) is 0.167. The minimum absolute atomic E-state index is 0.180. The number of hydrogen-bond acceptors (Lipinski definition) is 2. The van der Waals surface area contributed by atoms with E-state index in [9.17, 15) is 4.79 Å². The SMILES string of the molecule is COc1ccc(C(C=C(C)C(=O)O)c2cccc(Cl)c2)cc1. The van der Waals surface area contributed by atoms with Crippen LogP contribution in [0.25, 0.3) is 0 Å². The molecule has 0 radical (unpaired) electrons.